The summed E-state index contributed by atoms with van der Waals surface area (Å²) in [7, 11) is 3.47. The molecule has 5 heteroatoms. The Kier molecular flexibility index (Phi) is 6.56. The van der Waals surface area contributed by atoms with Crippen molar-refractivity contribution in [2.24, 2.45) is 0 Å². The summed E-state index contributed by atoms with van der Waals surface area (Å²) in [6.45, 7) is 2.59. The molecule has 0 bridgehead atoms. The highest BCUT2D eigenvalue weighted by atomic mass is 79.9. The van der Waals surface area contributed by atoms with Gasteiger partial charge in [0.1, 0.15) is 12.4 Å². The van der Waals surface area contributed by atoms with E-state index in [1.165, 1.54) is 0 Å². The second kappa shape index (κ2) is 7.93. The van der Waals surface area contributed by atoms with Crippen LogP contribution in [-0.2, 0) is 11.3 Å². The number of hydrogen-bond acceptors (Lipinski definition) is 3. The zero-order valence-electron chi connectivity index (χ0n) is 11.9. The number of ether oxygens (including phenoxy) is 1. The van der Waals surface area contributed by atoms with Crippen LogP contribution in [0.25, 0.3) is 0 Å². The number of carbonyl (C=O) groups excluding carboxylic acids is 1. The highest BCUT2D eigenvalue weighted by Gasteiger charge is 2.15. The van der Waals surface area contributed by atoms with Crippen LogP contribution >= 0.6 is 15.9 Å². The van der Waals surface area contributed by atoms with Crippen LogP contribution in [0, 0.1) is 12.3 Å². The molecule has 20 heavy (non-hydrogen) atoms. The Morgan fingerprint density at radius 3 is 2.85 bits per heavy atom. The van der Waals surface area contributed by atoms with Crippen LogP contribution < -0.4 is 10.1 Å². The SMILES string of the molecule is C#CCOc1ccc(Br)cc1CNC(C)C(=O)N(C)C. The predicted molar refractivity (Wildman–Crippen MR) is 83.5 cm³/mol. The number of carbonyl (C=O) groups is 1. The molecule has 0 aromatic heterocycles. The van der Waals surface area contributed by atoms with Crippen molar-refractivity contribution in [2.45, 2.75) is 19.5 Å². The zero-order valence-corrected chi connectivity index (χ0v) is 13.5. The minimum Gasteiger partial charge on any atom is -0.481 e. The minimum atomic E-state index is -0.260. The smallest absolute Gasteiger partial charge is 0.238 e. The van der Waals surface area contributed by atoms with Crippen LogP contribution in [0.3, 0.4) is 0 Å². The Hall–Kier alpha value is -1.51. The van der Waals surface area contributed by atoms with Crippen molar-refractivity contribution in [1.82, 2.24) is 10.2 Å². The number of rotatable bonds is 6. The number of likely N-dealkylation sites (N-methyl/N-ethyl adjacent to an activating group) is 1. The van der Waals surface area contributed by atoms with E-state index in [1.54, 1.807) is 19.0 Å². The maximum absolute atomic E-state index is 11.8. The first kappa shape index (κ1) is 16.5. The summed E-state index contributed by atoms with van der Waals surface area (Å²) in [5, 5.41) is 3.18. The van der Waals surface area contributed by atoms with Crippen LogP contribution in [0.1, 0.15) is 12.5 Å². The number of nitrogens with one attached hydrogen (secondary N) is 1. The largest absolute Gasteiger partial charge is 0.481 e. The molecule has 108 valence electrons. The standard InChI is InChI=1S/C15H19BrN2O2/c1-5-8-20-14-7-6-13(16)9-12(14)10-17-11(2)15(19)18(3)4/h1,6-7,9,11,17H,8,10H2,2-4H3. The Balaban J connectivity index is 2.73. The van der Waals surface area contributed by atoms with Crippen molar-refractivity contribution >= 4 is 21.8 Å². The van der Waals surface area contributed by atoms with E-state index in [0.717, 1.165) is 15.8 Å². The van der Waals surface area contributed by atoms with Gasteiger partial charge in [-0.05, 0) is 25.1 Å². The topological polar surface area (TPSA) is 41.6 Å². The van der Waals surface area contributed by atoms with Crippen molar-refractivity contribution in [3.63, 3.8) is 0 Å². The minimum absolute atomic E-state index is 0.0334. The molecule has 0 fully saturated rings. The number of amides is 1. The van der Waals surface area contributed by atoms with Crippen LogP contribution in [0.5, 0.6) is 5.75 Å². The Morgan fingerprint density at radius 1 is 1.55 bits per heavy atom. The van der Waals surface area contributed by atoms with Crippen LogP contribution in [0.2, 0.25) is 0 Å². The van der Waals surface area contributed by atoms with Gasteiger partial charge in [0.25, 0.3) is 0 Å². The summed E-state index contributed by atoms with van der Waals surface area (Å²) < 4.78 is 6.44. The molecule has 0 saturated carbocycles. The summed E-state index contributed by atoms with van der Waals surface area (Å²) in [5.74, 6) is 3.20. The van der Waals surface area contributed by atoms with E-state index >= 15 is 0 Å². The van der Waals surface area contributed by atoms with Gasteiger partial charge in [-0.25, -0.2) is 0 Å². The normalized spacial score (nSPS) is 11.6. The number of benzene rings is 1. The van der Waals surface area contributed by atoms with Gasteiger partial charge in [0.2, 0.25) is 5.91 Å². The molecule has 0 aliphatic heterocycles. The lowest BCUT2D eigenvalue weighted by Crippen LogP contribution is -2.41. The van der Waals surface area contributed by atoms with Gasteiger partial charge in [0, 0.05) is 30.7 Å². The lowest BCUT2D eigenvalue weighted by Gasteiger charge is -2.19. The van der Waals surface area contributed by atoms with E-state index < -0.39 is 0 Å². The molecule has 0 heterocycles. The van der Waals surface area contributed by atoms with Crippen LogP contribution in [-0.4, -0.2) is 37.6 Å². The quantitative estimate of drug-likeness (QED) is 0.807. The second-order valence-electron chi connectivity index (χ2n) is 4.58. The van der Waals surface area contributed by atoms with Gasteiger partial charge >= 0.3 is 0 Å². The molecule has 1 aromatic carbocycles. The lowest BCUT2D eigenvalue weighted by atomic mass is 10.2. The van der Waals surface area contributed by atoms with Crippen molar-refractivity contribution in [3.8, 4) is 18.1 Å². The molecule has 1 aromatic rings. The summed E-state index contributed by atoms with van der Waals surface area (Å²) in [4.78, 5) is 13.3. The molecule has 0 aliphatic rings. The fourth-order valence-corrected chi connectivity index (χ4v) is 2.09. The van der Waals surface area contributed by atoms with Gasteiger partial charge in [-0.2, -0.15) is 0 Å². The Bertz CT molecular complexity index is 509. The second-order valence-corrected chi connectivity index (χ2v) is 5.50. The molecule has 0 spiro atoms. The van der Waals surface area contributed by atoms with Gasteiger partial charge in [0.05, 0.1) is 6.04 Å². The van der Waals surface area contributed by atoms with Crippen LogP contribution in [0.4, 0.5) is 0 Å². The third-order valence-corrected chi connectivity index (χ3v) is 3.24. The monoisotopic (exact) mass is 338 g/mol. The van der Waals surface area contributed by atoms with Crippen molar-refractivity contribution in [2.75, 3.05) is 20.7 Å². The molecule has 1 atom stereocenters. The average Bonchev–Trinajstić information content (AvgIpc) is 2.42. The third kappa shape index (κ3) is 4.87. The van der Waals surface area contributed by atoms with Crippen LogP contribution in [0.15, 0.2) is 22.7 Å². The van der Waals surface area contributed by atoms with E-state index in [2.05, 4.69) is 27.2 Å². The van der Waals surface area contributed by atoms with E-state index in [1.807, 2.05) is 25.1 Å². The van der Waals surface area contributed by atoms with Crippen molar-refractivity contribution in [3.05, 3.63) is 28.2 Å². The number of halogens is 1. The van der Waals surface area contributed by atoms with Gasteiger partial charge < -0.3 is 15.0 Å². The molecular weight excluding hydrogens is 320 g/mol. The molecule has 1 rings (SSSR count). The highest BCUT2D eigenvalue weighted by Crippen LogP contribution is 2.23. The average molecular weight is 339 g/mol. The molecule has 0 radical (unpaired) electrons. The van der Waals surface area contributed by atoms with Gasteiger partial charge in [-0.3, -0.25) is 4.79 Å². The van der Waals surface area contributed by atoms with E-state index in [9.17, 15) is 4.79 Å². The third-order valence-electron chi connectivity index (χ3n) is 2.74. The highest BCUT2D eigenvalue weighted by molar-refractivity contribution is 9.10. The Morgan fingerprint density at radius 2 is 2.25 bits per heavy atom. The molecule has 1 unspecified atom stereocenters. The summed E-state index contributed by atoms with van der Waals surface area (Å²) in [5.41, 5.74) is 0.952. The number of terminal acetylenes is 1. The first-order valence-electron chi connectivity index (χ1n) is 6.25. The van der Waals surface area contributed by atoms with E-state index in [0.29, 0.717) is 6.54 Å². The van der Waals surface area contributed by atoms with Crippen molar-refractivity contribution in [1.29, 1.82) is 0 Å². The fraction of sp³-hybridized carbons (Fsp3) is 0.400. The number of hydrogen-bond donors (Lipinski definition) is 1. The maximum atomic E-state index is 11.8. The maximum Gasteiger partial charge on any atom is 0.238 e. The summed E-state index contributed by atoms with van der Waals surface area (Å²) >= 11 is 3.42. The molecule has 0 aliphatic carbocycles. The first-order chi connectivity index (χ1) is 9.45. The van der Waals surface area contributed by atoms with E-state index in [4.69, 9.17) is 11.2 Å². The molecule has 0 saturated heterocycles. The fourth-order valence-electron chi connectivity index (χ4n) is 1.68. The van der Waals surface area contributed by atoms with Gasteiger partial charge in [0.15, 0.2) is 0 Å². The zero-order chi connectivity index (χ0) is 15.1. The van der Waals surface area contributed by atoms with Gasteiger partial charge in [-0.15, -0.1) is 6.42 Å². The molecule has 1 N–H and O–H groups in total. The molecule has 1 amide bonds. The van der Waals surface area contributed by atoms with E-state index in [-0.39, 0.29) is 18.6 Å². The first-order valence-corrected chi connectivity index (χ1v) is 7.04. The Labute approximate surface area is 128 Å². The van der Waals surface area contributed by atoms with Crippen molar-refractivity contribution < 1.29 is 9.53 Å². The number of nitrogens with zero attached hydrogens (tertiary/aromatic N) is 1. The lowest BCUT2D eigenvalue weighted by molar-refractivity contribution is -0.130. The summed E-state index contributed by atoms with van der Waals surface area (Å²) in [6.07, 6.45) is 5.20. The summed E-state index contributed by atoms with van der Waals surface area (Å²) in [6, 6.07) is 5.44. The van der Waals surface area contributed by atoms with Gasteiger partial charge in [-0.1, -0.05) is 21.9 Å². The molecular formula is C15H19BrN2O2. The molecule has 4 nitrogen and oxygen atoms in total. The predicted octanol–water partition coefficient (Wildman–Crippen LogP) is 2.03.